The fourth-order valence-corrected chi connectivity index (χ4v) is 1.90. The fraction of sp³-hybridized carbons (Fsp3) is 0.200. The number of carbonyl (C=O) groups is 2. The molecular formula is C10H11N5O4. The molecule has 0 atom stereocenters. The van der Waals surface area contributed by atoms with Crippen molar-refractivity contribution in [3.8, 4) is 0 Å². The molecule has 2 amide bonds. The van der Waals surface area contributed by atoms with Crippen LogP contribution in [0.4, 0.5) is 17.1 Å². The van der Waals surface area contributed by atoms with Crippen molar-refractivity contribution in [3.05, 3.63) is 28.3 Å². The minimum absolute atomic E-state index is 0.112. The predicted molar refractivity (Wildman–Crippen MR) is 66.3 cm³/mol. The Kier molecular flexibility index (Phi) is 3.29. The second kappa shape index (κ2) is 4.90. The highest BCUT2D eigenvalue weighted by Gasteiger charge is 2.29. The number of carbonyl (C=O) groups excluding carboxylic acids is 2. The number of rotatable bonds is 3. The average Bonchev–Trinajstić information content (AvgIpc) is 2.36. The minimum atomic E-state index is -0.610. The van der Waals surface area contributed by atoms with Gasteiger partial charge in [0.25, 0.3) is 0 Å². The van der Waals surface area contributed by atoms with Crippen molar-refractivity contribution < 1.29 is 14.5 Å². The van der Waals surface area contributed by atoms with Gasteiger partial charge in [-0.3, -0.25) is 30.9 Å². The van der Waals surface area contributed by atoms with Crippen molar-refractivity contribution in [1.82, 2.24) is 5.32 Å². The van der Waals surface area contributed by atoms with Crippen LogP contribution in [0.5, 0.6) is 0 Å². The number of benzene rings is 1. The molecule has 1 aromatic rings. The molecule has 1 aliphatic heterocycles. The maximum absolute atomic E-state index is 11.3. The zero-order chi connectivity index (χ0) is 14.0. The van der Waals surface area contributed by atoms with Crippen LogP contribution in [0.1, 0.15) is 0 Å². The van der Waals surface area contributed by atoms with Crippen molar-refractivity contribution in [1.29, 1.82) is 0 Å². The number of hydrazine groups is 1. The zero-order valence-electron chi connectivity index (χ0n) is 9.75. The molecule has 0 bridgehead atoms. The van der Waals surface area contributed by atoms with Gasteiger partial charge in [0, 0.05) is 0 Å². The van der Waals surface area contributed by atoms with Gasteiger partial charge < -0.3 is 10.3 Å². The number of amides is 2. The highest BCUT2D eigenvalue weighted by atomic mass is 16.6. The summed E-state index contributed by atoms with van der Waals surface area (Å²) in [4.78, 5) is 34.4. The summed E-state index contributed by atoms with van der Waals surface area (Å²) in [6, 6.07) is 4.45. The topological polar surface area (TPSA) is 131 Å². The van der Waals surface area contributed by atoms with Gasteiger partial charge in [0.2, 0.25) is 11.8 Å². The molecule has 0 aromatic heterocycles. The van der Waals surface area contributed by atoms with E-state index in [1.54, 1.807) is 6.07 Å². The number of nitro benzene ring substituents is 1. The van der Waals surface area contributed by atoms with Crippen LogP contribution in [0.15, 0.2) is 18.2 Å². The number of piperazine rings is 1. The lowest BCUT2D eigenvalue weighted by Gasteiger charge is -2.27. The number of anilines is 2. The van der Waals surface area contributed by atoms with Gasteiger partial charge in [-0.2, -0.15) is 0 Å². The zero-order valence-corrected chi connectivity index (χ0v) is 9.75. The van der Waals surface area contributed by atoms with Crippen LogP contribution >= 0.6 is 0 Å². The molecule has 0 unspecified atom stereocenters. The lowest BCUT2D eigenvalue weighted by molar-refractivity contribution is -0.383. The Morgan fingerprint density at radius 1 is 1.32 bits per heavy atom. The quantitative estimate of drug-likeness (QED) is 0.286. The Labute approximate surface area is 107 Å². The second-order valence-electron chi connectivity index (χ2n) is 3.90. The van der Waals surface area contributed by atoms with Gasteiger partial charge in [0.05, 0.1) is 18.0 Å². The molecule has 1 saturated heterocycles. The molecule has 9 nitrogen and oxygen atoms in total. The summed E-state index contributed by atoms with van der Waals surface area (Å²) in [6.07, 6.45) is 0. The number of nitrogen functional groups attached to an aromatic ring is 1. The Hall–Kier alpha value is -2.68. The van der Waals surface area contributed by atoms with Gasteiger partial charge in [-0.25, -0.2) is 0 Å². The lowest BCUT2D eigenvalue weighted by atomic mass is 10.2. The molecule has 0 saturated carbocycles. The van der Waals surface area contributed by atoms with E-state index in [-0.39, 0.29) is 30.2 Å². The van der Waals surface area contributed by atoms with Gasteiger partial charge >= 0.3 is 5.69 Å². The molecule has 2 rings (SSSR count). The largest absolute Gasteiger partial charge is 0.347 e. The van der Waals surface area contributed by atoms with Gasteiger partial charge in [-0.05, 0) is 12.1 Å². The van der Waals surface area contributed by atoms with Crippen molar-refractivity contribution in [2.24, 2.45) is 5.84 Å². The SMILES string of the molecule is NNc1cccc(N2CC(=O)NC(=O)C2)c1[N+](=O)[O-]. The van der Waals surface area contributed by atoms with E-state index in [0.717, 1.165) is 0 Å². The van der Waals surface area contributed by atoms with E-state index in [2.05, 4.69) is 10.7 Å². The number of nitrogens with zero attached hydrogens (tertiary/aromatic N) is 2. The molecule has 0 radical (unpaired) electrons. The van der Waals surface area contributed by atoms with Gasteiger partial charge in [0.15, 0.2) is 0 Å². The van der Waals surface area contributed by atoms with Crippen LogP contribution in [0.3, 0.4) is 0 Å². The highest BCUT2D eigenvalue weighted by molar-refractivity contribution is 6.03. The van der Waals surface area contributed by atoms with Crippen LogP contribution in [0.25, 0.3) is 0 Å². The molecule has 0 spiro atoms. The third-order valence-electron chi connectivity index (χ3n) is 2.64. The summed E-state index contributed by atoms with van der Waals surface area (Å²) in [5.74, 6) is 4.22. The first-order valence-corrected chi connectivity index (χ1v) is 5.34. The summed E-state index contributed by atoms with van der Waals surface area (Å²) in [7, 11) is 0. The first-order valence-electron chi connectivity index (χ1n) is 5.34. The molecule has 1 fully saturated rings. The molecule has 1 aromatic carbocycles. The Bertz CT molecular complexity index is 543. The maximum atomic E-state index is 11.3. The Balaban J connectivity index is 2.46. The molecular weight excluding hydrogens is 254 g/mol. The molecule has 9 heteroatoms. The van der Waals surface area contributed by atoms with Crippen molar-refractivity contribution in [3.63, 3.8) is 0 Å². The first kappa shape index (κ1) is 12.8. The number of nitrogens with one attached hydrogen (secondary N) is 2. The summed E-state index contributed by atoms with van der Waals surface area (Å²) in [6.45, 7) is -0.249. The van der Waals surface area contributed by atoms with E-state index < -0.39 is 16.7 Å². The fourth-order valence-electron chi connectivity index (χ4n) is 1.90. The normalized spacial score (nSPS) is 15.1. The summed E-state index contributed by atoms with van der Waals surface area (Å²) < 4.78 is 0. The summed E-state index contributed by atoms with van der Waals surface area (Å²) in [5, 5.41) is 13.2. The third kappa shape index (κ3) is 2.45. The van der Waals surface area contributed by atoms with E-state index in [1.165, 1.54) is 17.0 Å². The summed E-state index contributed by atoms with van der Waals surface area (Å²) >= 11 is 0. The third-order valence-corrected chi connectivity index (χ3v) is 2.64. The maximum Gasteiger partial charge on any atom is 0.316 e. The lowest BCUT2D eigenvalue weighted by Crippen LogP contribution is -2.51. The van der Waals surface area contributed by atoms with Crippen molar-refractivity contribution in [2.45, 2.75) is 0 Å². The molecule has 19 heavy (non-hydrogen) atoms. The predicted octanol–water partition coefficient (Wildman–Crippen LogP) is -0.657. The van der Waals surface area contributed by atoms with Gasteiger partial charge in [0.1, 0.15) is 11.4 Å². The molecule has 1 aliphatic rings. The molecule has 0 aliphatic carbocycles. The van der Waals surface area contributed by atoms with E-state index in [9.17, 15) is 19.7 Å². The van der Waals surface area contributed by atoms with E-state index in [0.29, 0.717) is 0 Å². The van der Waals surface area contributed by atoms with Crippen molar-refractivity contribution >= 4 is 28.9 Å². The van der Waals surface area contributed by atoms with Crippen LogP contribution in [0, 0.1) is 10.1 Å². The van der Waals surface area contributed by atoms with E-state index >= 15 is 0 Å². The number of para-hydroxylation sites is 1. The van der Waals surface area contributed by atoms with Crippen molar-refractivity contribution in [2.75, 3.05) is 23.4 Å². The summed E-state index contributed by atoms with van der Waals surface area (Å²) in [5.41, 5.74) is 2.24. The first-order chi connectivity index (χ1) is 9.02. The minimum Gasteiger partial charge on any atom is -0.347 e. The number of nitrogens with two attached hydrogens (primary N) is 1. The highest BCUT2D eigenvalue weighted by Crippen LogP contribution is 2.35. The van der Waals surface area contributed by atoms with Crippen LogP contribution in [0.2, 0.25) is 0 Å². The Morgan fingerprint density at radius 3 is 2.47 bits per heavy atom. The number of imide groups is 1. The standard InChI is InChI=1S/C10H11N5O4/c11-13-6-2-1-3-7(10(6)15(18)19)14-4-8(16)12-9(17)5-14/h1-3,13H,4-5,11H2,(H,12,16,17). The van der Waals surface area contributed by atoms with Crippen LogP contribution in [-0.2, 0) is 9.59 Å². The van der Waals surface area contributed by atoms with E-state index in [1.807, 2.05) is 0 Å². The van der Waals surface area contributed by atoms with E-state index in [4.69, 9.17) is 5.84 Å². The van der Waals surface area contributed by atoms with Crippen LogP contribution in [-0.4, -0.2) is 29.8 Å². The number of hydrogen-bond acceptors (Lipinski definition) is 7. The molecule has 1 heterocycles. The Morgan fingerprint density at radius 2 is 1.95 bits per heavy atom. The average molecular weight is 265 g/mol. The number of nitro groups is 1. The van der Waals surface area contributed by atoms with Crippen LogP contribution < -0.4 is 21.5 Å². The molecule has 4 N–H and O–H groups in total. The van der Waals surface area contributed by atoms with Gasteiger partial charge in [-0.1, -0.05) is 6.07 Å². The molecule has 100 valence electrons. The van der Waals surface area contributed by atoms with Gasteiger partial charge in [-0.15, -0.1) is 0 Å². The second-order valence-corrected chi connectivity index (χ2v) is 3.90. The number of hydrogen-bond donors (Lipinski definition) is 3. The monoisotopic (exact) mass is 265 g/mol. The smallest absolute Gasteiger partial charge is 0.316 e.